The summed E-state index contributed by atoms with van der Waals surface area (Å²) in [5.74, 6) is -0.148. The number of aromatic amines is 1. The van der Waals surface area contributed by atoms with Gasteiger partial charge in [0, 0.05) is 5.39 Å². The predicted octanol–water partition coefficient (Wildman–Crippen LogP) is 2.02. The molecule has 0 spiro atoms. The van der Waals surface area contributed by atoms with E-state index in [0.29, 0.717) is 6.42 Å². The topological polar surface area (TPSA) is 83.8 Å². The second kappa shape index (κ2) is 5.64. The number of nitrogens with one attached hydrogen (secondary N) is 2. The number of rotatable bonds is 5. The van der Waals surface area contributed by atoms with Crippen molar-refractivity contribution >= 4 is 22.5 Å². The molecule has 1 heterocycles. The van der Waals surface area contributed by atoms with Crippen LogP contribution in [-0.4, -0.2) is 22.1 Å². The molecule has 0 bridgehead atoms. The lowest BCUT2D eigenvalue weighted by molar-refractivity contribution is -0.117. The molecule has 5 heteroatoms. The standard InChI is InChI=1S/C13H18N4O/c1-2-3-6-10(14)13(18)16-11-7-4-5-9-8-15-17-12(9)11/h4-5,7-8,10H,2-3,6,14H2,1H3,(H,15,17)(H,16,18)/t10-/m0/s1. The van der Waals surface area contributed by atoms with Gasteiger partial charge in [-0.1, -0.05) is 31.9 Å². The summed E-state index contributed by atoms with van der Waals surface area (Å²) in [6.45, 7) is 2.08. The smallest absolute Gasteiger partial charge is 0.241 e. The molecule has 0 radical (unpaired) electrons. The summed E-state index contributed by atoms with van der Waals surface area (Å²) in [7, 11) is 0. The molecule has 0 aliphatic carbocycles. The van der Waals surface area contributed by atoms with E-state index in [1.54, 1.807) is 6.20 Å². The Balaban J connectivity index is 2.09. The Bertz CT molecular complexity index is 535. The normalized spacial score (nSPS) is 12.6. The maximum atomic E-state index is 11.9. The van der Waals surface area contributed by atoms with Gasteiger partial charge in [-0.15, -0.1) is 0 Å². The first-order valence-corrected chi connectivity index (χ1v) is 6.21. The lowest BCUT2D eigenvalue weighted by Gasteiger charge is -2.12. The van der Waals surface area contributed by atoms with Crippen molar-refractivity contribution in [3.63, 3.8) is 0 Å². The van der Waals surface area contributed by atoms with Crippen LogP contribution in [0.5, 0.6) is 0 Å². The summed E-state index contributed by atoms with van der Waals surface area (Å²) in [5.41, 5.74) is 7.38. The Morgan fingerprint density at radius 3 is 3.17 bits per heavy atom. The zero-order chi connectivity index (χ0) is 13.0. The van der Waals surface area contributed by atoms with Crippen molar-refractivity contribution in [1.82, 2.24) is 10.2 Å². The average molecular weight is 246 g/mol. The molecule has 1 atom stereocenters. The number of unbranched alkanes of at least 4 members (excludes halogenated alkanes) is 1. The van der Waals surface area contributed by atoms with Crippen molar-refractivity contribution in [1.29, 1.82) is 0 Å². The largest absolute Gasteiger partial charge is 0.323 e. The molecule has 5 nitrogen and oxygen atoms in total. The number of benzene rings is 1. The van der Waals surface area contributed by atoms with Crippen molar-refractivity contribution in [3.8, 4) is 0 Å². The third-order valence-corrected chi connectivity index (χ3v) is 2.94. The average Bonchev–Trinajstić information content (AvgIpc) is 2.85. The number of para-hydroxylation sites is 1. The second-order valence-corrected chi connectivity index (χ2v) is 4.38. The van der Waals surface area contributed by atoms with Crippen LogP contribution in [0, 0.1) is 0 Å². The zero-order valence-corrected chi connectivity index (χ0v) is 10.4. The molecule has 96 valence electrons. The molecule has 0 unspecified atom stereocenters. The highest BCUT2D eigenvalue weighted by Crippen LogP contribution is 2.20. The second-order valence-electron chi connectivity index (χ2n) is 4.38. The summed E-state index contributed by atoms with van der Waals surface area (Å²) in [5, 5.41) is 10.6. The third kappa shape index (κ3) is 2.68. The number of H-pyrrole nitrogens is 1. The number of carbonyl (C=O) groups excluding carboxylic acids is 1. The first kappa shape index (κ1) is 12.6. The maximum absolute atomic E-state index is 11.9. The number of nitrogens with zero attached hydrogens (tertiary/aromatic N) is 1. The lowest BCUT2D eigenvalue weighted by Crippen LogP contribution is -2.35. The molecular formula is C13H18N4O. The first-order chi connectivity index (χ1) is 8.72. The van der Waals surface area contributed by atoms with E-state index in [0.717, 1.165) is 29.4 Å². The molecule has 0 aliphatic heterocycles. The van der Waals surface area contributed by atoms with Crippen molar-refractivity contribution in [2.24, 2.45) is 5.73 Å². The van der Waals surface area contributed by atoms with E-state index in [2.05, 4.69) is 22.4 Å². The molecule has 2 rings (SSSR count). The van der Waals surface area contributed by atoms with Gasteiger partial charge in [-0.25, -0.2) is 0 Å². The van der Waals surface area contributed by atoms with Gasteiger partial charge in [0.25, 0.3) is 0 Å². The fraction of sp³-hybridized carbons (Fsp3) is 0.385. The van der Waals surface area contributed by atoms with Gasteiger partial charge in [0.15, 0.2) is 0 Å². The Morgan fingerprint density at radius 1 is 1.56 bits per heavy atom. The van der Waals surface area contributed by atoms with Crippen LogP contribution in [0.2, 0.25) is 0 Å². The van der Waals surface area contributed by atoms with Crippen LogP contribution in [0.3, 0.4) is 0 Å². The van der Waals surface area contributed by atoms with Gasteiger partial charge < -0.3 is 11.1 Å². The van der Waals surface area contributed by atoms with E-state index >= 15 is 0 Å². The van der Waals surface area contributed by atoms with E-state index in [-0.39, 0.29) is 5.91 Å². The molecule has 0 fully saturated rings. The van der Waals surface area contributed by atoms with Crippen molar-refractivity contribution < 1.29 is 4.79 Å². The van der Waals surface area contributed by atoms with Gasteiger partial charge in [-0.3, -0.25) is 9.89 Å². The van der Waals surface area contributed by atoms with E-state index < -0.39 is 6.04 Å². The van der Waals surface area contributed by atoms with Gasteiger partial charge >= 0.3 is 0 Å². The molecule has 18 heavy (non-hydrogen) atoms. The highest BCUT2D eigenvalue weighted by atomic mass is 16.2. The van der Waals surface area contributed by atoms with Gasteiger partial charge in [0.2, 0.25) is 5.91 Å². The quantitative estimate of drug-likeness (QED) is 0.754. The predicted molar refractivity (Wildman–Crippen MR) is 72.2 cm³/mol. The fourth-order valence-electron chi connectivity index (χ4n) is 1.85. The van der Waals surface area contributed by atoms with Crippen molar-refractivity contribution in [2.75, 3.05) is 5.32 Å². The van der Waals surface area contributed by atoms with E-state index in [9.17, 15) is 4.79 Å². The molecule has 2 aromatic rings. The number of carbonyl (C=O) groups is 1. The minimum atomic E-state index is -0.455. The summed E-state index contributed by atoms with van der Waals surface area (Å²) >= 11 is 0. The monoisotopic (exact) mass is 246 g/mol. The molecule has 1 amide bonds. The molecule has 0 aliphatic rings. The van der Waals surface area contributed by atoms with E-state index in [4.69, 9.17) is 5.73 Å². The molecule has 1 aromatic carbocycles. The zero-order valence-electron chi connectivity index (χ0n) is 10.4. The Labute approximate surface area is 106 Å². The summed E-state index contributed by atoms with van der Waals surface area (Å²) < 4.78 is 0. The number of nitrogens with two attached hydrogens (primary N) is 1. The summed E-state index contributed by atoms with van der Waals surface area (Å²) in [6, 6.07) is 5.20. The first-order valence-electron chi connectivity index (χ1n) is 6.21. The third-order valence-electron chi connectivity index (χ3n) is 2.94. The van der Waals surface area contributed by atoms with Crippen LogP contribution >= 0.6 is 0 Å². The summed E-state index contributed by atoms with van der Waals surface area (Å²) in [4.78, 5) is 11.9. The van der Waals surface area contributed by atoms with Crippen molar-refractivity contribution in [2.45, 2.75) is 32.2 Å². The molecule has 0 saturated heterocycles. The fourth-order valence-corrected chi connectivity index (χ4v) is 1.85. The highest BCUT2D eigenvalue weighted by Gasteiger charge is 2.14. The van der Waals surface area contributed by atoms with Crippen LogP contribution in [-0.2, 0) is 4.79 Å². The number of amides is 1. The maximum Gasteiger partial charge on any atom is 0.241 e. The number of fused-ring (bicyclic) bond motifs is 1. The van der Waals surface area contributed by atoms with Crippen LogP contribution in [0.25, 0.3) is 10.9 Å². The SMILES string of the molecule is CCCC[C@H](N)C(=O)Nc1cccc2cn[nH]c12. The van der Waals surface area contributed by atoms with Crippen LogP contribution in [0.15, 0.2) is 24.4 Å². The molecule has 4 N–H and O–H groups in total. The van der Waals surface area contributed by atoms with Crippen molar-refractivity contribution in [3.05, 3.63) is 24.4 Å². The van der Waals surface area contributed by atoms with Crippen LogP contribution in [0.4, 0.5) is 5.69 Å². The van der Waals surface area contributed by atoms with Gasteiger partial charge in [0.1, 0.15) is 0 Å². The molecular weight excluding hydrogens is 228 g/mol. The number of anilines is 1. The van der Waals surface area contributed by atoms with E-state index in [1.807, 2.05) is 18.2 Å². The lowest BCUT2D eigenvalue weighted by atomic mass is 10.1. The Hall–Kier alpha value is -1.88. The Kier molecular flexibility index (Phi) is 3.94. The number of aromatic nitrogens is 2. The van der Waals surface area contributed by atoms with Gasteiger partial charge in [-0.05, 0) is 12.5 Å². The molecule has 1 aromatic heterocycles. The van der Waals surface area contributed by atoms with E-state index in [1.165, 1.54) is 0 Å². The number of hydrogen-bond acceptors (Lipinski definition) is 3. The van der Waals surface area contributed by atoms with Crippen LogP contribution < -0.4 is 11.1 Å². The van der Waals surface area contributed by atoms with Gasteiger partial charge in [-0.2, -0.15) is 5.10 Å². The Morgan fingerprint density at radius 2 is 2.39 bits per heavy atom. The minimum absolute atomic E-state index is 0.148. The molecule has 0 saturated carbocycles. The minimum Gasteiger partial charge on any atom is -0.323 e. The summed E-state index contributed by atoms with van der Waals surface area (Å²) in [6.07, 6.45) is 4.43. The highest BCUT2D eigenvalue weighted by molar-refractivity contribution is 6.02. The number of hydrogen-bond donors (Lipinski definition) is 3. The van der Waals surface area contributed by atoms with Crippen LogP contribution in [0.1, 0.15) is 26.2 Å². The van der Waals surface area contributed by atoms with Gasteiger partial charge in [0.05, 0.1) is 23.4 Å².